The van der Waals surface area contributed by atoms with Gasteiger partial charge in [-0.3, -0.25) is 4.90 Å². The number of benzene rings is 2. The van der Waals surface area contributed by atoms with Crippen molar-refractivity contribution < 1.29 is 18.0 Å². The Labute approximate surface area is 158 Å². The maximum Gasteiger partial charge on any atom is 0.377 e. The van der Waals surface area contributed by atoms with Crippen LogP contribution in [-0.4, -0.2) is 32.4 Å². The molecule has 0 saturated heterocycles. The molecule has 0 aliphatic carbocycles. The van der Waals surface area contributed by atoms with Crippen LogP contribution in [0.3, 0.4) is 0 Å². The zero-order valence-electron chi connectivity index (χ0n) is 13.7. The molecule has 0 radical (unpaired) electrons. The molecular weight excluding hydrogens is 431 g/mol. The molecule has 1 aromatic heterocycles. The normalized spacial score (nSPS) is 10.9. The van der Waals surface area contributed by atoms with Crippen molar-refractivity contribution in [3.63, 3.8) is 0 Å². The molecule has 11 heteroatoms. The van der Waals surface area contributed by atoms with E-state index in [0.717, 1.165) is 29.2 Å². The second kappa shape index (κ2) is 7.35. The molecule has 2 aromatic carbocycles. The van der Waals surface area contributed by atoms with Gasteiger partial charge in [0.1, 0.15) is 11.5 Å². The molecule has 1 amide bonds. The van der Waals surface area contributed by atoms with Gasteiger partial charge in [0, 0.05) is 11.0 Å². The topological polar surface area (TPSA) is 73.0 Å². The van der Waals surface area contributed by atoms with Gasteiger partial charge in [-0.15, -0.1) is 4.68 Å². The quantitative estimate of drug-likeness (QED) is 0.585. The van der Waals surface area contributed by atoms with Gasteiger partial charge in [-0.05, 0) is 47.7 Å². The second-order valence-corrected chi connectivity index (χ2v) is 6.19. The minimum atomic E-state index is -1.19. The summed E-state index contributed by atoms with van der Waals surface area (Å²) in [5, 5.41) is 6.74. The number of rotatable bonds is 3. The van der Waals surface area contributed by atoms with Crippen molar-refractivity contribution in [1.82, 2.24) is 19.8 Å². The van der Waals surface area contributed by atoms with E-state index in [2.05, 4.69) is 26.4 Å². The van der Waals surface area contributed by atoms with Crippen molar-refractivity contribution in [2.75, 3.05) is 11.4 Å². The first-order valence-electron chi connectivity index (χ1n) is 7.61. The number of carbonyl (C=O) groups is 1. The van der Waals surface area contributed by atoms with Crippen molar-refractivity contribution in [2.24, 2.45) is 0 Å². The largest absolute Gasteiger partial charge is 0.377 e. The van der Waals surface area contributed by atoms with Gasteiger partial charge in [0.2, 0.25) is 0 Å². The molecule has 0 saturated carbocycles. The zero-order chi connectivity index (χ0) is 19.7. The number of hydrogen-bond acceptors (Lipinski definition) is 4. The summed E-state index contributed by atoms with van der Waals surface area (Å²) in [5.41, 5.74) is -2.05. The molecule has 0 fully saturated rings. The molecule has 0 bridgehead atoms. The first kappa shape index (κ1) is 18.8. The predicted octanol–water partition coefficient (Wildman–Crippen LogP) is 3.10. The summed E-state index contributed by atoms with van der Waals surface area (Å²) in [7, 11) is 0. The minimum absolute atomic E-state index is 0.00471. The van der Waals surface area contributed by atoms with Crippen molar-refractivity contribution in [2.45, 2.75) is 6.92 Å². The molecule has 0 aliphatic heterocycles. The number of anilines is 1. The molecule has 0 N–H and O–H groups in total. The fraction of sp³-hybridized carbons (Fsp3) is 0.125. The predicted molar refractivity (Wildman–Crippen MR) is 93.4 cm³/mol. The molecule has 3 aromatic rings. The van der Waals surface area contributed by atoms with Gasteiger partial charge in [0.15, 0.2) is 11.6 Å². The van der Waals surface area contributed by atoms with Crippen LogP contribution in [0.1, 0.15) is 6.92 Å². The zero-order valence-corrected chi connectivity index (χ0v) is 15.3. The lowest BCUT2D eigenvalue weighted by atomic mass is 10.3. The summed E-state index contributed by atoms with van der Waals surface area (Å²) in [4.78, 5) is 26.0. The van der Waals surface area contributed by atoms with Gasteiger partial charge >= 0.3 is 11.7 Å². The maximum atomic E-state index is 14.2. The van der Waals surface area contributed by atoms with Gasteiger partial charge in [-0.1, -0.05) is 22.0 Å². The lowest BCUT2D eigenvalue weighted by molar-refractivity contribution is 0.244. The number of para-hydroxylation sites is 1. The highest BCUT2D eigenvalue weighted by atomic mass is 79.9. The van der Waals surface area contributed by atoms with E-state index in [1.165, 1.54) is 12.1 Å². The molecule has 0 aliphatic rings. The van der Waals surface area contributed by atoms with E-state index >= 15 is 0 Å². The van der Waals surface area contributed by atoms with E-state index in [4.69, 9.17) is 0 Å². The van der Waals surface area contributed by atoms with Crippen LogP contribution in [-0.2, 0) is 0 Å². The van der Waals surface area contributed by atoms with E-state index in [-0.39, 0.29) is 12.2 Å². The van der Waals surface area contributed by atoms with Gasteiger partial charge in [-0.2, -0.15) is 4.68 Å². The molecule has 0 atom stereocenters. The first-order valence-corrected chi connectivity index (χ1v) is 8.40. The Balaban J connectivity index is 2.05. The third kappa shape index (κ3) is 3.37. The number of halogens is 4. The van der Waals surface area contributed by atoms with E-state index < -0.39 is 34.9 Å². The summed E-state index contributed by atoms with van der Waals surface area (Å²) < 4.78 is 43.0. The highest BCUT2D eigenvalue weighted by molar-refractivity contribution is 9.10. The summed E-state index contributed by atoms with van der Waals surface area (Å²) in [6, 6.07) is 5.97. The molecule has 7 nitrogen and oxygen atoms in total. The Kier molecular flexibility index (Phi) is 5.13. The third-order valence-electron chi connectivity index (χ3n) is 3.66. The van der Waals surface area contributed by atoms with Gasteiger partial charge in [0.05, 0.1) is 5.69 Å². The average Bonchev–Trinajstić information content (AvgIpc) is 2.98. The molecule has 140 valence electrons. The fourth-order valence-electron chi connectivity index (χ4n) is 2.42. The van der Waals surface area contributed by atoms with Crippen LogP contribution >= 0.6 is 15.9 Å². The Bertz CT molecular complexity index is 1060. The number of tetrazole rings is 1. The average molecular weight is 442 g/mol. The molecule has 27 heavy (non-hydrogen) atoms. The van der Waals surface area contributed by atoms with Gasteiger partial charge in [-0.25, -0.2) is 22.8 Å². The smallest absolute Gasteiger partial charge is 0.290 e. The van der Waals surface area contributed by atoms with Crippen LogP contribution in [0.5, 0.6) is 0 Å². The van der Waals surface area contributed by atoms with Crippen LogP contribution < -0.4 is 10.6 Å². The first-order chi connectivity index (χ1) is 12.8. The Morgan fingerprint density at radius 1 is 1.11 bits per heavy atom. The van der Waals surface area contributed by atoms with E-state index in [1.807, 2.05) is 0 Å². The summed E-state index contributed by atoms with van der Waals surface area (Å²) in [6.07, 6.45) is 0. The van der Waals surface area contributed by atoms with Crippen molar-refractivity contribution in [3.05, 3.63) is 68.8 Å². The lowest BCUT2D eigenvalue weighted by Gasteiger charge is -2.20. The van der Waals surface area contributed by atoms with E-state index in [1.54, 1.807) is 6.92 Å². The molecule has 3 rings (SSSR count). The second-order valence-electron chi connectivity index (χ2n) is 5.28. The summed E-state index contributed by atoms with van der Waals surface area (Å²) in [5.74, 6) is -2.81. The summed E-state index contributed by atoms with van der Waals surface area (Å²) in [6.45, 7) is 1.57. The molecule has 0 unspecified atom stereocenters. The van der Waals surface area contributed by atoms with Crippen LogP contribution in [0.2, 0.25) is 0 Å². The maximum absolute atomic E-state index is 14.2. The number of amides is 1. The number of carbonyl (C=O) groups excluding carboxylic acids is 1. The third-order valence-corrected chi connectivity index (χ3v) is 4.15. The molecule has 0 spiro atoms. The van der Waals surface area contributed by atoms with Crippen molar-refractivity contribution >= 4 is 27.6 Å². The van der Waals surface area contributed by atoms with E-state index in [0.29, 0.717) is 13.8 Å². The van der Waals surface area contributed by atoms with Gasteiger partial charge in [0.25, 0.3) is 0 Å². The van der Waals surface area contributed by atoms with Crippen molar-refractivity contribution in [3.8, 4) is 5.69 Å². The van der Waals surface area contributed by atoms with Crippen LogP contribution in [0.15, 0.2) is 45.7 Å². The van der Waals surface area contributed by atoms with Crippen molar-refractivity contribution in [1.29, 1.82) is 0 Å². The standard InChI is InChI=1S/C16H11BrF3N5O2/c1-2-23(13-7-6-9(17)8-12(13)20)15(26)25-16(27)24(21-22-25)14-10(18)4-3-5-11(14)19/h3-8H,2H2,1H3. The van der Waals surface area contributed by atoms with E-state index in [9.17, 15) is 22.8 Å². The number of hydrogen-bond donors (Lipinski definition) is 0. The fourth-order valence-corrected chi connectivity index (χ4v) is 2.75. The number of aromatic nitrogens is 4. The molecule has 1 heterocycles. The monoisotopic (exact) mass is 441 g/mol. The van der Waals surface area contributed by atoms with Crippen LogP contribution in [0.25, 0.3) is 5.69 Å². The molecular formula is C16H11BrF3N5O2. The highest BCUT2D eigenvalue weighted by Gasteiger charge is 2.25. The number of nitrogens with zero attached hydrogens (tertiary/aromatic N) is 5. The van der Waals surface area contributed by atoms with Gasteiger partial charge < -0.3 is 0 Å². The highest BCUT2D eigenvalue weighted by Crippen LogP contribution is 2.23. The summed E-state index contributed by atoms with van der Waals surface area (Å²) >= 11 is 3.11. The lowest BCUT2D eigenvalue weighted by Crippen LogP contribution is -2.41. The minimum Gasteiger partial charge on any atom is -0.290 e. The Hall–Kier alpha value is -2.95. The Morgan fingerprint density at radius 3 is 2.37 bits per heavy atom. The van der Waals surface area contributed by atoms with Crippen LogP contribution in [0, 0.1) is 17.5 Å². The SMILES string of the molecule is CCN(C(=O)n1nnn(-c2c(F)cccc2F)c1=O)c1ccc(Br)cc1F. The Morgan fingerprint density at radius 2 is 1.78 bits per heavy atom. The van der Waals surface area contributed by atoms with Crippen LogP contribution in [0.4, 0.5) is 23.7 Å².